The van der Waals surface area contributed by atoms with Crippen LogP contribution in [0.2, 0.25) is 0 Å². The van der Waals surface area contributed by atoms with E-state index in [1.165, 1.54) is 55.8 Å². The van der Waals surface area contributed by atoms with Crippen molar-refractivity contribution in [1.29, 1.82) is 0 Å². The van der Waals surface area contributed by atoms with E-state index in [9.17, 15) is 18.0 Å². The molecule has 0 bridgehead atoms. The van der Waals surface area contributed by atoms with Gasteiger partial charge in [0.15, 0.2) is 15.0 Å². The number of aromatic nitrogens is 2. The van der Waals surface area contributed by atoms with Crippen LogP contribution in [0.15, 0.2) is 71.1 Å². The molecule has 4 heterocycles. The number of hydrogen-bond donors (Lipinski definition) is 1. The number of nitrogens with zero attached hydrogens (tertiary/aromatic N) is 4. The van der Waals surface area contributed by atoms with Crippen LogP contribution in [0.3, 0.4) is 0 Å². The summed E-state index contributed by atoms with van der Waals surface area (Å²) in [7, 11) is -3.35. The van der Waals surface area contributed by atoms with Gasteiger partial charge in [-0.15, -0.1) is 11.3 Å². The summed E-state index contributed by atoms with van der Waals surface area (Å²) >= 11 is 1.28. The minimum absolute atomic E-state index is 0.0649. The zero-order chi connectivity index (χ0) is 33.0. The molecule has 2 aromatic carbocycles. The second-order valence-electron chi connectivity index (χ2n) is 12.2. The van der Waals surface area contributed by atoms with Gasteiger partial charge < -0.3 is 14.5 Å². The summed E-state index contributed by atoms with van der Waals surface area (Å²) in [5.41, 5.74) is 3.29. The zero-order valence-corrected chi connectivity index (χ0v) is 28.3. The van der Waals surface area contributed by atoms with Gasteiger partial charge in [-0.1, -0.05) is 12.5 Å². The smallest absolute Gasteiger partial charge is 0.257 e. The predicted molar refractivity (Wildman–Crippen MR) is 183 cm³/mol. The first-order valence-electron chi connectivity index (χ1n) is 15.9. The summed E-state index contributed by atoms with van der Waals surface area (Å²) in [6, 6.07) is 15.6. The molecule has 0 unspecified atom stereocenters. The molecule has 2 aromatic heterocycles. The molecule has 2 amide bonds. The van der Waals surface area contributed by atoms with Gasteiger partial charge in [0.2, 0.25) is 5.91 Å². The van der Waals surface area contributed by atoms with Crippen molar-refractivity contribution in [3.8, 4) is 22.8 Å². The summed E-state index contributed by atoms with van der Waals surface area (Å²) in [5, 5.41) is 5.10. The minimum Gasteiger partial charge on any atom is -0.457 e. The lowest BCUT2D eigenvalue weighted by Gasteiger charge is -2.40. The Morgan fingerprint density at radius 2 is 1.72 bits per heavy atom. The van der Waals surface area contributed by atoms with Gasteiger partial charge in [0.25, 0.3) is 5.91 Å². The normalized spacial score (nSPS) is 16.2. The third kappa shape index (κ3) is 8.24. The quantitative estimate of drug-likeness (QED) is 0.230. The Balaban J connectivity index is 1.13. The minimum atomic E-state index is -3.35. The van der Waals surface area contributed by atoms with Crippen LogP contribution in [0.1, 0.15) is 53.7 Å². The van der Waals surface area contributed by atoms with E-state index in [2.05, 4.69) is 20.2 Å². The second kappa shape index (κ2) is 14.3. The highest BCUT2D eigenvalue weighted by Crippen LogP contribution is 2.31. The number of aryl methyl sites for hydroxylation is 1. The van der Waals surface area contributed by atoms with Crippen molar-refractivity contribution in [3.05, 3.63) is 83.0 Å². The van der Waals surface area contributed by atoms with E-state index in [0.29, 0.717) is 45.2 Å². The maximum atomic E-state index is 13.5. The number of nitrogens with one attached hydrogen (secondary N) is 1. The lowest BCUT2D eigenvalue weighted by Crippen LogP contribution is -2.48. The molecule has 4 aromatic rings. The third-order valence-corrected chi connectivity index (χ3v) is 10.7. The van der Waals surface area contributed by atoms with Crippen LogP contribution in [0.4, 0.5) is 5.13 Å². The number of carbonyl (C=O) groups excluding carboxylic acids is 2. The van der Waals surface area contributed by atoms with Crippen LogP contribution in [0.5, 0.6) is 11.5 Å². The van der Waals surface area contributed by atoms with Gasteiger partial charge in [-0.05, 0) is 99.8 Å². The molecule has 0 atom stereocenters. The first-order valence-corrected chi connectivity index (χ1v) is 18.7. The molecule has 2 aliphatic rings. The van der Waals surface area contributed by atoms with Gasteiger partial charge in [-0.25, -0.2) is 13.4 Å². The zero-order valence-electron chi connectivity index (χ0n) is 26.6. The van der Waals surface area contributed by atoms with Gasteiger partial charge >= 0.3 is 0 Å². The number of ether oxygens (including phenoxy) is 1. The lowest BCUT2D eigenvalue weighted by atomic mass is 9.99. The number of thiazole rings is 1. The topological polar surface area (TPSA) is 122 Å². The number of likely N-dealkylation sites (tertiary alicyclic amines) is 2. The first kappa shape index (κ1) is 32.8. The van der Waals surface area contributed by atoms with Crippen molar-refractivity contribution in [2.45, 2.75) is 56.4 Å². The predicted octanol–water partition coefficient (Wildman–Crippen LogP) is 5.98. The number of hydrogen-bond acceptors (Lipinski definition) is 9. The van der Waals surface area contributed by atoms with Crippen molar-refractivity contribution in [2.24, 2.45) is 0 Å². The molecule has 12 heteroatoms. The van der Waals surface area contributed by atoms with E-state index < -0.39 is 9.84 Å². The molecular weight excluding hydrogens is 635 g/mol. The van der Waals surface area contributed by atoms with Crippen molar-refractivity contribution in [1.82, 2.24) is 19.8 Å². The number of piperidine rings is 2. The number of sulfone groups is 1. The highest BCUT2D eigenvalue weighted by atomic mass is 32.2. The SMILES string of the molecule is Cc1cccnc1-c1cc(Oc2ccc(S(C)(=O)=O)cc2)cc(C(=O)Nc2nc(CC(=O)N3CCC(N4CCCCC4)CC3)cs2)c1. The number of benzene rings is 2. The molecule has 2 aliphatic heterocycles. The fraction of sp³-hybridized carbons (Fsp3) is 0.371. The third-order valence-electron chi connectivity index (χ3n) is 8.77. The maximum Gasteiger partial charge on any atom is 0.257 e. The van der Waals surface area contributed by atoms with Crippen LogP contribution < -0.4 is 10.1 Å². The molecule has 2 saturated heterocycles. The average Bonchev–Trinajstić information content (AvgIpc) is 3.51. The van der Waals surface area contributed by atoms with E-state index in [4.69, 9.17) is 4.74 Å². The van der Waals surface area contributed by atoms with Crippen LogP contribution >= 0.6 is 11.3 Å². The largest absolute Gasteiger partial charge is 0.457 e. The summed E-state index contributed by atoms with van der Waals surface area (Å²) in [6.45, 7) is 5.83. The fourth-order valence-corrected chi connectivity index (χ4v) is 7.59. The van der Waals surface area contributed by atoms with Crippen LogP contribution in [-0.2, 0) is 21.1 Å². The van der Waals surface area contributed by atoms with E-state index in [-0.39, 0.29) is 23.1 Å². The highest BCUT2D eigenvalue weighted by molar-refractivity contribution is 7.90. The maximum absolute atomic E-state index is 13.5. The Morgan fingerprint density at radius 1 is 0.979 bits per heavy atom. The van der Waals surface area contributed by atoms with Gasteiger partial charge in [0.05, 0.1) is 22.7 Å². The Bertz CT molecular complexity index is 1840. The molecule has 1 N–H and O–H groups in total. The Hall–Kier alpha value is -4.13. The number of rotatable bonds is 9. The number of amides is 2. The molecule has 0 saturated carbocycles. The molecule has 0 spiro atoms. The molecule has 10 nitrogen and oxygen atoms in total. The molecule has 47 heavy (non-hydrogen) atoms. The van der Waals surface area contributed by atoms with E-state index >= 15 is 0 Å². The molecular formula is C35H39N5O5S2. The second-order valence-corrected chi connectivity index (χ2v) is 15.1. The van der Waals surface area contributed by atoms with E-state index in [0.717, 1.165) is 37.8 Å². The van der Waals surface area contributed by atoms with Crippen molar-refractivity contribution >= 4 is 38.1 Å². The van der Waals surface area contributed by atoms with Gasteiger partial charge in [-0.2, -0.15) is 0 Å². The number of anilines is 1. The highest BCUT2D eigenvalue weighted by Gasteiger charge is 2.28. The molecule has 0 radical (unpaired) electrons. The summed E-state index contributed by atoms with van der Waals surface area (Å²) in [4.78, 5) is 40.4. The summed E-state index contributed by atoms with van der Waals surface area (Å²) < 4.78 is 29.8. The molecule has 0 aliphatic carbocycles. The monoisotopic (exact) mass is 673 g/mol. The van der Waals surface area contributed by atoms with Gasteiger partial charge in [0, 0.05) is 48.1 Å². The van der Waals surface area contributed by atoms with Crippen LogP contribution in [0.25, 0.3) is 11.3 Å². The van der Waals surface area contributed by atoms with Crippen molar-refractivity contribution < 1.29 is 22.7 Å². The van der Waals surface area contributed by atoms with Crippen LogP contribution in [-0.4, -0.2) is 78.5 Å². The molecule has 2 fully saturated rings. The molecule has 246 valence electrons. The van der Waals surface area contributed by atoms with Crippen molar-refractivity contribution in [2.75, 3.05) is 37.8 Å². The van der Waals surface area contributed by atoms with Crippen molar-refractivity contribution in [3.63, 3.8) is 0 Å². The lowest BCUT2D eigenvalue weighted by molar-refractivity contribution is -0.132. The standard InChI is InChI=1S/C35H39N5O5S2/c1-24-7-6-14-36-33(24)25-19-26(21-30(20-25)45-29-8-10-31(11-9-29)47(2,43)44)34(42)38-35-37-27(23-46-35)22-32(41)40-17-12-28(13-18-40)39-15-4-3-5-16-39/h6-11,14,19-21,23,28H,3-5,12-13,15-18,22H2,1-2H3,(H,37,38,42). The average molecular weight is 674 g/mol. The first-order chi connectivity index (χ1) is 22.6. The van der Waals surface area contributed by atoms with Gasteiger partial charge in [0.1, 0.15) is 11.5 Å². The summed E-state index contributed by atoms with van der Waals surface area (Å²) in [5.74, 6) is 0.489. The van der Waals surface area contributed by atoms with E-state index in [1.54, 1.807) is 36.5 Å². The molecule has 6 rings (SSSR count). The van der Waals surface area contributed by atoms with Crippen LogP contribution in [0, 0.1) is 6.92 Å². The van der Waals surface area contributed by atoms with Gasteiger partial charge in [-0.3, -0.25) is 19.9 Å². The Kier molecular flexibility index (Phi) is 10.00. The fourth-order valence-electron chi connectivity index (χ4n) is 6.25. The number of carbonyl (C=O) groups is 2. The Labute approximate surface area is 279 Å². The Morgan fingerprint density at radius 3 is 2.43 bits per heavy atom. The summed E-state index contributed by atoms with van der Waals surface area (Å²) in [6.07, 6.45) is 8.93. The number of pyridine rings is 1. The van der Waals surface area contributed by atoms with E-state index in [1.807, 2.05) is 29.3 Å².